The lowest BCUT2D eigenvalue weighted by molar-refractivity contribution is -0.132. The normalized spacial score (nSPS) is 18.1. The molecular formula is C23H14BrN3O3S. The summed E-state index contributed by atoms with van der Waals surface area (Å²) in [5.74, 6) is -1.72. The standard InChI is InChI=1S/C23H14BrN3O3S/c24-15-9-7-13(8-10-15)20(28)18-19(14-4-3-11-25-12-14)27(22(30)21(18)29)23-26-16-5-1-2-6-17(16)31-23/h1-12,19,28H/b20-18+. The van der Waals surface area contributed by atoms with E-state index < -0.39 is 17.7 Å². The third-order valence-electron chi connectivity index (χ3n) is 5.05. The van der Waals surface area contributed by atoms with Crippen molar-refractivity contribution in [2.24, 2.45) is 0 Å². The van der Waals surface area contributed by atoms with Crippen LogP contribution >= 0.6 is 27.3 Å². The van der Waals surface area contributed by atoms with Gasteiger partial charge in [-0.2, -0.15) is 0 Å². The van der Waals surface area contributed by atoms with E-state index in [2.05, 4.69) is 25.9 Å². The average Bonchev–Trinajstić information content (AvgIpc) is 3.33. The summed E-state index contributed by atoms with van der Waals surface area (Å²) in [5.41, 5.74) is 1.81. The van der Waals surface area contributed by atoms with E-state index in [0.717, 1.165) is 14.7 Å². The predicted octanol–water partition coefficient (Wildman–Crippen LogP) is 5.08. The summed E-state index contributed by atoms with van der Waals surface area (Å²) in [6.45, 7) is 0. The molecule has 1 aliphatic heterocycles. The number of Topliss-reactive ketones (excluding diaryl/α,β-unsaturated/α-hetero) is 1. The lowest BCUT2D eigenvalue weighted by atomic mass is 9.96. The lowest BCUT2D eigenvalue weighted by Gasteiger charge is -2.22. The molecule has 1 N–H and O–H groups in total. The number of benzene rings is 2. The number of nitrogens with zero attached hydrogens (tertiary/aromatic N) is 3. The van der Waals surface area contributed by atoms with Crippen molar-refractivity contribution in [3.63, 3.8) is 0 Å². The second-order valence-corrected chi connectivity index (χ2v) is 8.85. The molecule has 6 nitrogen and oxygen atoms in total. The van der Waals surface area contributed by atoms with Crippen molar-refractivity contribution >= 4 is 60.1 Å². The minimum Gasteiger partial charge on any atom is -0.507 e. The first-order valence-electron chi connectivity index (χ1n) is 9.37. The van der Waals surface area contributed by atoms with Crippen molar-refractivity contribution in [2.45, 2.75) is 6.04 Å². The molecule has 1 saturated heterocycles. The van der Waals surface area contributed by atoms with E-state index in [1.165, 1.54) is 16.2 Å². The first kappa shape index (κ1) is 19.6. The fourth-order valence-corrected chi connectivity index (χ4v) is 4.87. The topological polar surface area (TPSA) is 83.4 Å². The summed E-state index contributed by atoms with van der Waals surface area (Å²) in [6, 6.07) is 17.1. The molecule has 0 aliphatic carbocycles. The molecule has 8 heteroatoms. The number of aliphatic hydroxyl groups is 1. The zero-order valence-electron chi connectivity index (χ0n) is 15.9. The number of hydrogen-bond acceptors (Lipinski definition) is 6. The number of aliphatic hydroxyl groups excluding tert-OH is 1. The van der Waals surface area contributed by atoms with Gasteiger partial charge in [0.1, 0.15) is 5.76 Å². The number of thiazole rings is 1. The summed E-state index contributed by atoms with van der Waals surface area (Å²) in [6.07, 6.45) is 3.20. The molecule has 4 aromatic rings. The maximum Gasteiger partial charge on any atom is 0.301 e. The van der Waals surface area contributed by atoms with Crippen molar-refractivity contribution in [3.05, 3.63) is 94.2 Å². The van der Waals surface area contributed by atoms with Crippen LogP contribution < -0.4 is 4.90 Å². The van der Waals surface area contributed by atoms with Gasteiger partial charge >= 0.3 is 5.91 Å². The number of halogens is 1. The van der Waals surface area contributed by atoms with Crippen LogP contribution in [0.25, 0.3) is 16.0 Å². The van der Waals surface area contributed by atoms with E-state index in [1.54, 1.807) is 48.8 Å². The fourth-order valence-electron chi connectivity index (χ4n) is 3.61. The maximum absolute atomic E-state index is 13.1. The molecule has 2 aromatic heterocycles. The van der Waals surface area contributed by atoms with E-state index in [1.807, 2.05) is 24.3 Å². The number of ketones is 1. The molecule has 1 aliphatic rings. The van der Waals surface area contributed by atoms with Gasteiger partial charge < -0.3 is 5.11 Å². The Morgan fingerprint density at radius 1 is 1.03 bits per heavy atom. The molecule has 3 heterocycles. The zero-order valence-corrected chi connectivity index (χ0v) is 18.3. The van der Waals surface area contributed by atoms with Crippen LogP contribution in [0.4, 0.5) is 5.13 Å². The van der Waals surface area contributed by atoms with Crippen molar-refractivity contribution in [2.75, 3.05) is 4.90 Å². The Hall–Kier alpha value is -3.36. The highest BCUT2D eigenvalue weighted by molar-refractivity contribution is 9.10. The molecule has 0 saturated carbocycles. The summed E-state index contributed by atoms with van der Waals surface area (Å²) in [4.78, 5) is 36.3. The van der Waals surface area contributed by atoms with Crippen LogP contribution in [0.5, 0.6) is 0 Å². The molecule has 0 bridgehead atoms. The molecule has 1 amide bonds. The molecular weight excluding hydrogens is 478 g/mol. The van der Waals surface area contributed by atoms with Crippen molar-refractivity contribution in [3.8, 4) is 0 Å². The average molecular weight is 492 g/mol. The number of para-hydroxylation sites is 1. The fraction of sp³-hybridized carbons (Fsp3) is 0.0435. The SMILES string of the molecule is O=C1C(=O)N(c2nc3ccccc3s2)C(c2cccnc2)/C1=C(\O)c1ccc(Br)cc1. The minimum absolute atomic E-state index is 0.0135. The van der Waals surface area contributed by atoms with Crippen LogP contribution in [0.2, 0.25) is 0 Å². The molecule has 31 heavy (non-hydrogen) atoms. The number of rotatable bonds is 3. The highest BCUT2D eigenvalue weighted by Crippen LogP contribution is 2.44. The van der Waals surface area contributed by atoms with Gasteiger partial charge in [0, 0.05) is 22.4 Å². The van der Waals surface area contributed by atoms with Gasteiger partial charge in [-0.1, -0.05) is 57.6 Å². The second-order valence-electron chi connectivity index (χ2n) is 6.93. The molecule has 1 atom stereocenters. The molecule has 0 radical (unpaired) electrons. The van der Waals surface area contributed by atoms with Gasteiger partial charge in [-0.15, -0.1) is 0 Å². The van der Waals surface area contributed by atoms with Crippen LogP contribution in [0.15, 0.2) is 83.1 Å². The second kappa shape index (κ2) is 7.72. The smallest absolute Gasteiger partial charge is 0.301 e. The number of amides is 1. The van der Waals surface area contributed by atoms with Crippen molar-refractivity contribution in [1.82, 2.24) is 9.97 Å². The monoisotopic (exact) mass is 491 g/mol. The van der Waals surface area contributed by atoms with Crippen molar-refractivity contribution < 1.29 is 14.7 Å². The first-order valence-corrected chi connectivity index (χ1v) is 11.0. The highest BCUT2D eigenvalue weighted by Gasteiger charge is 2.48. The van der Waals surface area contributed by atoms with Crippen LogP contribution in [-0.2, 0) is 9.59 Å². The van der Waals surface area contributed by atoms with Gasteiger partial charge in [0.05, 0.1) is 21.8 Å². The lowest BCUT2D eigenvalue weighted by Crippen LogP contribution is -2.29. The summed E-state index contributed by atoms with van der Waals surface area (Å²) < 4.78 is 1.74. The maximum atomic E-state index is 13.1. The third-order valence-corrected chi connectivity index (χ3v) is 6.62. The van der Waals surface area contributed by atoms with E-state index in [-0.39, 0.29) is 11.3 Å². The Labute approximate surface area is 189 Å². The quantitative estimate of drug-likeness (QED) is 0.245. The minimum atomic E-state index is -0.835. The van der Waals surface area contributed by atoms with Crippen LogP contribution in [0.3, 0.4) is 0 Å². The van der Waals surface area contributed by atoms with Crippen LogP contribution in [-0.4, -0.2) is 26.8 Å². The molecule has 0 spiro atoms. The number of aromatic nitrogens is 2. The van der Waals surface area contributed by atoms with E-state index >= 15 is 0 Å². The first-order chi connectivity index (χ1) is 15.0. The number of fused-ring (bicyclic) bond motifs is 1. The van der Waals surface area contributed by atoms with Crippen LogP contribution in [0, 0.1) is 0 Å². The van der Waals surface area contributed by atoms with Gasteiger partial charge in [-0.05, 0) is 35.9 Å². The van der Waals surface area contributed by atoms with Gasteiger partial charge in [-0.25, -0.2) is 4.98 Å². The predicted molar refractivity (Wildman–Crippen MR) is 123 cm³/mol. The Morgan fingerprint density at radius 2 is 1.81 bits per heavy atom. The molecule has 2 aromatic carbocycles. The number of anilines is 1. The van der Waals surface area contributed by atoms with Gasteiger partial charge in [-0.3, -0.25) is 19.5 Å². The van der Waals surface area contributed by atoms with E-state index in [9.17, 15) is 14.7 Å². The number of pyridine rings is 1. The molecule has 5 rings (SSSR count). The molecule has 152 valence electrons. The largest absolute Gasteiger partial charge is 0.507 e. The Balaban J connectivity index is 1.73. The number of carbonyl (C=O) groups is 2. The Morgan fingerprint density at radius 3 is 2.52 bits per heavy atom. The van der Waals surface area contributed by atoms with E-state index in [4.69, 9.17) is 0 Å². The number of carbonyl (C=O) groups excluding carboxylic acids is 2. The summed E-state index contributed by atoms with van der Waals surface area (Å²) in [7, 11) is 0. The summed E-state index contributed by atoms with van der Waals surface area (Å²) >= 11 is 4.68. The zero-order chi connectivity index (χ0) is 21.5. The van der Waals surface area contributed by atoms with E-state index in [0.29, 0.717) is 16.3 Å². The van der Waals surface area contributed by atoms with Gasteiger partial charge in [0.2, 0.25) is 0 Å². The number of hydrogen-bond donors (Lipinski definition) is 1. The molecule has 1 unspecified atom stereocenters. The van der Waals surface area contributed by atoms with Gasteiger partial charge in [0.25, 0.3) is 5.78 Å². The summed E-state index contributed by atoms with van der Waals surface area (Å²) in [5, 5.41) is 11.5. The molecule has 1 fully saturated rings. The third kappa shape index (κ3) is 3.34. The van der Waals surface area contributed by atoms with Crippen molar-refractivity contribution in [1.29, 1.82) is 0 Å². The van der Waals surface area contributed by atoms with Gasteiger partial charge in [0.15, 0.2) is 5.13 Å². The highest BCUT2D eigenvalue weighted by atomic mass is 79.9. The Bertz CT molecular complexity index is 1320. The Kier molecular flexibility index (Phi) is 4.88. The van der Waals surface area contributed by atoms with Crippen LogP contribution in [0.1, 0.15) is 17.2 Å².